The number of carbonyl (C=O) groups is 2. The molecule has 1 spiro atoms. The minimum atomic E-state index is -1.66. The predicted octanol–water partition coefficient (Wildman–Crippen LogP) is 11.5. The summed E-state index contributed by atoms with van der Waals surface area (Å²) in [5.74, 6) is -0.772. The number of piperidine rings is 1. The van der Waals surface area contributed by atoms with Gasteiger partial charge in [0, 0.05) is 50.5 Å². The average molecular weight is 737 g/mol. The largest absolute Gasteiger partial charge is 0.459 e. The Labute approximate surface area is 325 Å². The zero-order valence-corrected chi connectivity index (χ0v) is 33.0. The van der Waals surface area contributed by atoms with Gasteiger partial charge in [-0.25, -0.2) is 4.79 Å². The second-order valence-corrected chi connectivity index (χ2v) is 16.4. The highest BCUT2D eigenvalue weighted by Crippen LogP contribution is 2.47. The van der Waals surface area contributed by atoms with Crippen molar-refractivity contribution in [1.29, 1.82) is 0 Å². The Hall–Kier alpha value is -3.48. The van der Waals surface area contributed by atoms with Crippen molar-refractivity contribution in [2.75, 3.05) is 13.1 Å². The van der Waals surface area contributed by atoms with Crippen LogP contribution >= 0.6 is 0 Å². The lowest BCUT2D eigenvalue weighted by atomic mass is 9.85. The van der Waals surface area contributed by atoms with Gasteiger partial charge >= 0.3 is 11.9 Å². The van der Waals surface area contributed by atoms with Gasteiger partial charge in [-0.15, -0.1) is 0 Å². The highest BCUT2D eigenvalue weighted by atomic mass is 16.7. The second-order valence-electron chi connectivity index (χ2n) is 16.4. The van der Waals surface area contributed by atoms with Crippen LogP contribution in [-0.4, -0.2) is 47.7 Å². The molecule has 3 fully saturated rings. The molecule has 3 saturated heterocycles. The Bertz CT molecular complexity index is 1480. The third kappa shape index (κ3) is 10.0. The van der Waals surface area contributed by atoms with Crippen molar-refractivity contribution in [2.45, 2.75) is 165 Å². The lowest BCUT2D eigenvalue weighted by Crippen LogP contribution is -2.60. The fourth-order valence-electron chi connectivity index (χ4n) is 9.87. The van der Waals surface area contributed by atoms with Gasteiger partial charge in [-0.2, -0.15) is 0 Å². The SMILES string of the molecule is CCCCCCCCCCCCCCCC(=O)OC(OC(C(=O)OC1CC2CCC(C1)[N+]21CCCC1)(c1ccccc1)c1ccccc1)c1ccccc1. The Kier molecular flexibility index (Phi) is 15.2. The topological polar surface area (TPSA) is 61.8 Å². The second kappa shape index (κ2) is 20.4. The zero-order valence-electron chi connectivity index (χ0n) is 33.0. The number of carbonyl (C=O) groups excluding carboxylic acids is 2. The summed E-state index contributed by atoms with van der Waals surface area (Å²) < 4.78 is 21.1. The third-order valence-corrected chi connectivity index (χ3v) is 12.8. The number of hydrogen-bond acceptors (Lipinski definition) is 5. The van der Waals surface area contributed by atoms with E-state index in [0.29, 0.717) is 35.2 Å². The summed E-state index contributed by atoms with van der Waals surface area (Å²) in [4.78, 5) is 28.6. The Morgan fingerprint density at radius 2 is 1.11 bits per heavy atom. The molecule has 3 heterocycles. The molecule has 0 radical (unpaired) electrons. The molecule has 6 nitrogen and oxygen atoms in total. The van der Waals surface area contributed by atoms with Crippen LogP contribution in [0.1, 0.15) is 158 Å². The first-order chi connectivity index (χ1) is 26.5. The summed E-state index contributed by atoms with van der Waals surface area (Å²) in [5, 5.41) is 0. The molecule has 2 bridgehead atoms. The summed E-state index contributed by atoms with van der Waals surface area (Å²) in [6.07, 6.45) is 22.0. The number of hydrogen-bond donors (Lipinski definition) is 0. The van der Waals surface area contributed by atoms with Crippen molar-refractivity contribution in [3.63, 3.8) is 0 Å². The lowest BCUT2D eigenvalue weighted by molar-refractivity contribution is -0.956. The summed E-state index contributed by atoms with van der Waals surface area (Å²) in [6, 6.07) is 29.9. The van der Waals surface area contributed by atoms with E-state index in [0.717, 1.165) is 32.1 Å². The Morgan fingerprint density at radius 3 is 1.61 bits per heavy atom. The molecule has 0 saturated carbocycles. The molecule has 0 aromatic heterocycles. The van der Waals surface area contributed by atoms with Crippen molar-refractivity contribution in [2.24, 2.45) is 0 Å². The van der Waals surface area contributed by atoms with E-state index in [1.54, 1.807) is 0 Å². The van der Waals surface area contributed by atoms with Crippen LogP contribution in [0.5, 0.6) is 0 Å². The molecule has 3 atom stereocenters. The van der Waals surface area contributed by atoms with Gasteiger partial charge in [0.1, 0.15) is 6.10 Å². The van der Waals surface area contributed by atoms with Crippen LogP contribution < -0.4 is 0 Å². The van der Waals surface area contributed by atoms with Gasteiger partial charge in [0.15, 0.2) is 0 Å². The van der Waals surface area contributed by atoms with Crippen molar-refractivity contribution in [1.82, 2.24) is 0 Å². The van der Waals surface area contributed by atoms with Crippen LogP contribution in [0.4, 0.5) is 0 Å². The van der Waals surface area contributed by atoms with E-state index < -0.39 is 17.9 Å². The van der Waals surface area contributed by atoms with Crippen LogP contribution in [0.25, 0.3) is 0 Å². The molecule has 3 unspecified atom stereocenters. The molecule has 0 aliphatic carbocycles. The molecule has 292 valence electrons. The first-order valence-corrected chi connectivity index (χ1v) is 21.7. The van der Waals surface area contributed by atoms with Gasteiger partial charge in [-0.1, -0.05) is 175 Å². The van der Waals surface area contributed by atoms with Crippen LogP contribution in [0.3, 0.4) is 0 Å². The van der Waals surface area contributed by atoms with Crippen LogP contribution in [-0.2, 0) is 29.4 Å². The molecular formula is C48H66NO5+. The quantitative estimate of drug-likeness (QED) is 0.0445. The monoisotopic (exact) mass is 736 g/mol. The zero-order chi connectivity index (χ0) is 37.5. The minimum Gasteiger partial charge on any atom is -0.459 e. The molecule has 0 amide bonds. The fraction of sp³-hybridized carbons (Fsp3) is 0.583. The average Bonchev–Trinajstić information content (AvgIpc) is 3.75. The molecule has 6 rings (SSSR count). The van der Waals surface area contributed by atoms with E-state index in [1.165, 1.54) is 107 Å². The molecular weight excluding hydrogens is 671 g/mol. The van der Waals surface area contributed by atoms with Crippen molar-refractivity contribution in [3.05, 3.63) is 108 Å². The normalized spacial score (nSPS) is 20.9. The lowest BCUT2D eigenvalue weighted by Gasteiger charge is -2.47. The smallest absolute Gasteiger partial charge is 0.348 e. The highest BCUT2D eigenvalue weighted by molar-refractivity contribution is 5.86. The van der Waals surface area contributed by atoms with Gasteiger partial charge in [0.2, 0.25) is 11.9 Å². The number of ether oxygens (including phenoxy) is 3. The maximum Gasteiger partial charge on any atom is 0.348 e. The van der Waals surface area contributed by atoms with E-state index >= 15 is 4.79 Å². The molecule has 0 N–H and O–H groups in total. The predicted molar refractivity (Wildman–Crippen MR) is 215 cm³/mol. The number of benzene rings is 3. The van der Waals surface area contributed by atoms with Gasteiger partial charge in [0.25, 0.3) is 0 Å². The Balaban J connectivity index is 1.13. The number of esters is 2. The van der Waals surface area contributed by atoms with Gasteiger partial charge < -0.3 is 18.7 Å². The van der Waals surface area contributed by atoms with Crippen molar-refractivity contribution < 1.29 is 28.3 Å². The van der Waals surface area contributed by atoms with Crippen molar-refractivity contribution in [3.8, 4) is 0 Å². The molecule has 54 heavy (non-hydrogen) atoms. The van der Waals surface area contributed by atoms with E-state index in [2.05, 4.69) is 6.92 Å². The van der Waals surface area contributed by atoms with Crippen LogP contribution in [0.2, 0.25) is 0 Å². The molecule has 3 aliphatic rings. The van der Waals surface area contributed by atoms with Gasteiger partial charge in [-0.3, -0.25) is 4.79 Å². The standard InChI is InChI=1S/C48H66NO5/c1-2-3-4-5-6-7-8-9-10-11-12-13-23-32-45(50)53-46(39-26-17-14-18-27-39)54-48(40-28-19-15-20-29-40,41-30-21-16-22-31-41)47(51)52-44-37-42-33-34-43(38-44)49(42)35-24-25-36-49/h14-22,26-31,42-44,46H,2-13,23-25,32-38H2,1H3/q+1. The molecule has 3 aromatic carbocycles. The van der Waals surface area contributed by atoms with Gasteiger partial charge in [0.05, 0.1) is 25.2 Å². The summed E-state index contributed by atoms with van der Waals surface area (Å²) in [7, 11) is 0. The van der Waals surface area contributed by atoms with E-state index in [4.69, 9.17) is 14.2 Å². The fourth-order valence-corrected chi connectivity index (χ4v) is 9.87. The number of rotatable bonds is 22. The van der Waals surface area contributed by atoms with E-state index in [9.17, 15) is 4.79 Å². The Morgan fingerprint density at radius 1 is 0.648 bits per heavy atom. The summed E-state index contributed by atoms with van der Waals surface area (Å²) in [5.41, 5.74) is 0.319. The number of nitrogens with zero attached hydrogens (tertiary/aromatic N) is 1. The first kappa shape index (κ1) is 40.2. The number of unbranched alkanes of at least 4 members (excludes halogenated alkanes) is 12. The first-order valence-electron chi connectivity index (χ1n) is 21.7. The van der Waals surface area contributed by atoms with Crippen LogP contribution in [0.15, 0.2) is 91.0 Å². The maximum atomic E-state index is 15.0. The van der Waals surface area contributed by atoms with E-state index in [-0.39, 0.29) is 12.1 Å². The van der Waals surface area contributed by atoms with Crippen molar-refractivity contribution >= 4 is 11.9 Å². The highest BCUT2D eigenvalue weighted by Gasteiger charge is 2.57. The molecule has 3 aliphatic heterocycles. The summed E-state index contributed by atoms with van der Waals surface area (Å²) in [6.45, 7) is 4.80. The molecule has 6 heteroatoms. The van der Waals surface area contributed by atoms with Crippen LogP contribution in [0, 0.1) is 0 Å². The third-order valence-electron chi connectivity index (χ3n) is 12.8. The maximum absolute atomic E-state index is 15.0. The summed E-state index contributed by atoms with van der Waals surface area (Å²) >= 11 is 0. The molecule has 3 aromatic rings. The van der Waals surface area contributed by atoms with Gasteiger partial charge in [-0.05, 0) is 17.5 Å². The minimum absolute atomic E-state index is 0.178. The number of quaternary nitrogens is 1. The van der Waals surface area contributed by atoms with E-state index in [1.807, 2.05) is 91.0 Å².